The topological polar surface area (TPSA) is 103 Å². The molecule has 1 aliphatic heterocycles. The van der Waals surface area contributed by atoms with Gasteiger partial charge in [0.1, 0.15) is 5.82 Å². The van der Waals surface area contributed by atoms with Gasteiger partial charge in [0, 0.05) is 17.2 Å². The minimum atomic E-state index is -1.74. The molecule has 8 heteroatoms. The first-order valence-electron chi connectivity index (χ1n) is 9.27. The van der Waals surface area contributed by atoms with Crippen molar-refractivity contribution in [2.24, 2.45) is 0 Å². The lowest BCUT2D eigenvalue weighted by molar-refractivity contribution is -0.126. The smallest absolute Gasteiger partial charge is 0.412 e. The molecule has 0 bridgehead atoms. The number of carbonyl (C=O) groups is 2. The standard InChI is InChI=1S/C18H32N4O3Si/c1-7-25-16(24)22-14(12-11-20-17(2,3)13(12)19)21-15(23)18(9-8-10-18)26(4,5)6/h19-20H,7-11H2,1-6H3,(H,21,23)(H,22,24)/b14-12-,19-13?. The maximum Gasteiger partial charge on any atom is 0.412 e. The molecular weight excluding hydrogens is 348 g/mol. The lowest BCUT2D eigenvalue weighted by Gasteiger charge is -2.49. The predicted octanol–water partition coefficient (Wildman–Crippen LogP) is 2.72. The third kappa shape index (κ3) is 3.71. The second-order valence-corrected chi connectivity index (χ2v) is 14.1. The van der Waals surface area contributed by atoms with Crippen LogP contribution in [-0.4, -0.2) is 44.5 Å². The highest BCUT2D eigenvalue weighted by atomic mass is 28.3. The SMILES string of the molecule is CCOC(=O)N/C(NC(=O)C1([Si](C)(C)C)CCC1)=C1/CNC(C)(C)C1=N. The molecule has 1 heterocycles. The highest BCUT2D eigenvalue weighted by molar-refractivity contribution is 6.82. The summed E-state index contributed by atoms with van der Waals surface area (Å²) in [6.45, 7) is 12.8. The number of alkyl carbamates (subject to hydrolysis) is 1. The number of ether oxygens (including phenoxy) is 1. The maximum absolute atomic E-state index is 13.2. The molecule has 0 unspecified atom stereocenters. The van der Waals surface area contributed by atoms with Gasteiger partial charge in [0.05, 0.1) is 25.9 Å². The Morgan fingerprint density at radius 2 is 1.85 bits per heavy atom. The Labute approximate surface area is 156 Å². The Kier molecular flexibility index (Phi) is 5.68. The molecular formula is C18H32N4O3Si. The predicted molar refractivity (Wildman–Crippen MR) is 105 cm³/mol. The van der Waals surface area contributed by atoms with Gasteiger partial charge in [-0.3, -0.25) is 10.1 Å². The molecule has 0 atom stereocenters. The number of rotatable bonds is 5. The van der Waals surface area contributed by atoms with E-state index in [9.17, 15) is 9.59 Å². The van der Waals surface area contributed by atoms with Gasteiger partial charge in [-0.25, -0.2) is 4.79 Å². The molecule has 26 heavy (non-hydrogen) atoms. The van der Waals surface area contributed by atoms with Crippen molar-refractivity contribution in [2.75, 3.05) is 13.2 Å². The van der Waals surface area contributed by atoms with Crippen molar-refractivity contribution in [3.8, 4) is 0 Å². The van der Waals surface area contributed by atoms with Crippen LogP contribution in [0.1, 0.15) is 40.0 Å². The summed E-state index contributed by atoms with van der Waals surface area (Å²) in [7, 11) is -1.74. The van der Waals surface area contributed by atoms with Crippen LogP contribution in [0.25, 0.3) is 0 Å². The zero-order chi connectivity index (χ0) is 19.8. The van der Waals surface area contributed by atoms with Crippen LogP contribution in [0.4, 0.5) is 4.79 Å². The third-order valence-electron chi connectivity index (χ3n) is 5.75. The van der Waals surface area contributed by atoms with E-state index in [1.807, 2.05) is 13.8 Å². The summed E-state index contributed by atoms with van der Waals surface area (Å²) in [5, 5.41) is 16.9. The first-order valence-corrected chi connectivity index (χ1v) is 12.8. The van der Waals surface area contributed by atoms with E-state index >= 15 is 0 Å². The molecule has 4 N–H and O–H groups in total. The zero-order valence-electron chi connectivity index (χ0n) is 16.8. The minimum Gasteiger partial charge on any atom is -0.450 e. The second kappa shape index (κ2) is 7.15. The van der Waals surface area contributed by atoms with Crippen molar-refractivity contribution in [2.45, 2.75) is 70.3 Å². The van der Waals surface area contributed by atoms with Crippen molar-refractivity contribution in [1.29, 1.82) is 5.41 Å². The van der Waals surface area contributed by atoms with Crippen LogP contribution in [0.15, 0.2) is 11.4 Å². The van der Waals surface area contributed by atoms with Gasteiger partial charge in [-0.2, -0.15) is 0 Å². The van der Waals surface area contributed by atoms with Crippen LogP contribution in [0, 0.1) is 5.41 Å². The average Bonchev–Trinajstić information content (AvgIpc) is 2.70. The molecule has 0 aromatic heterocycles. The minimum absolute atomic E-state index is 0.0419. The van der Waals surface area contributed by atoms with Crippen LogP contribution in [-0.2, 0) is 9.53 Å². The highest BCUT2D eigenvalue weighted by Gasteiger charge is 2.53. The molecule has 0 aromatic rings. The summed E-state index contributed by atoms with van der Waals surface area (Å²) in [6.07, 6.45) is 2.21. The highest BCUT2D eigenvalue weighted by Crippen LogP contribution is 2.55. The third-order valence-corrected chi connectivity index (χ3v) is 9.35. The quantitative estimate of drug-likeness (QED) is 0.551. The molecule has 1 saturated heterocycles. The summed E-state index contributed by atoms with van der Waals surface area (Å²) in [6, 6.07) is 0. The zero-order valence-corrected chi connectivity index (χ0v) is 17.8. The summed E-state index contributed by atoms with van der Waals surface area (Å²) in [5.41, 5.74) is 0.455. The molecule has 0 aromatic carbocycles. The molecule has 1 aliphatic carbocycles. The van der Waals surface area contributed by atoms with Gasteiger partial charge < -0.3 is 20.8 Å². The Morgan fingerprint density at radius 3 is 2.23 bits per heavy atom. The molecule has 2 fully saturated rings. The summed E-state index contributed by atoms with van der Waals surface area (Å²) >= 11 is 0. The Bertz CT molecular complexity index is 645. The van der Waals surface area contributed by atoms with E-state index in [4.69, 9.17) is 10.1 Å². The van der Waals surface area contributed by atoms with Crippen molar-refractivity contribution in [3.63, 3.8) is 0 Å². The van der Waals surface area contributed by atoms with Gasteiger partial charge in [-0.15, -0.1) is 0 Å². The van der Waals surface area contributed by atoms with Gasteiger partial charge in [-0.05, 0) is 33.6 Å². The maximum atomic E-state index is 13.2. The van der Waals surface area contributed by atoms with Crippen LogP contribution in [0.2, 0.25) is 24.7 Å². The van der Waals surface area contributed by atoms with Crippen LogP contribution < -0.4 is 16.0 Å². The number of amides is 2. The van der Waals surface area contributed by atoms with E-state index in [2.05, 4.69) is 35.6 Å². The van der Waals surface area contributed by atoms with Crippen molar-refractivity contribution >= 4 is 25.8 Å². The number of carbonyl (C=O) groups excluding carboxylic acids is 2. The molecule has 0 spiro atoms. The van der Waals surface area contributed by atoms with Crippen molar-refractivity contribution in [3.05, 3.63) is 11.4 Å². The van der Waals surface area contributed by atoms with Gasteiger partial charge in [0.15, 0.2) is 0 Å². The molecule has 2 aliphatic rings. The van der Waals surface area contributed by atoms with Gasteiger partial charge in [0.25, 0.3) is 0 Å². The van der Waals surface area contributed by atoms with Crippen molar-refractivity contribution in [1.82, 2.24) is 16.0 Å². The second-order valence-electron chi connectivity index (χ2n) is 8.69. The Morgan fingerprint density at radius 1 is 1.23 bits per heavy atom. The normalized spacial score (nSPS) is 23.1. The molecule has 2 amide bonds. The average molecular weight is 381 g/mol. The Balaban J connectivity index is 2.32. The summed E-state index contributed by atoms with van der Waals surface area (Å²) < 4.78 is 4.98. The molecule has 7 nitrogen and oxygen atoms in total. The lowest BCUT2D eigenvalue weighted by Crippen LogP contribution is -2.55. The largest absolute Gasteiger partial charge is 0.450 e. The number of hydrogen-bond donors (Lipinski definition) is 4. The number of nitrogens with one attached hydrogen (secondary N) is 4. The van der Waals surface area contributed by atoms with Crippen LogP contribution in [0.3, 0.4) is 0 Å². The first-order chi connectivity index (χ1) is 11.9. The van der Waals surface area contributed by atoms with E-state index in [0.29, 0.717) is 17.8 Å². The summed E-state index contributed by atoms with van der Waals surface area (Å²) in [4.78, 5) is 25.2. The molecule has 1 saturated carbocycles. The van der Waals surface area contributed by atoms with Crippen LogP contribution >= 0.6 is 0 Å². The fourth-order valence-corrected chi connectivity index (χ4v) is 6.21. The summed E-state index contributed by atoms with van der Waals surface area (Å²) in [5.74, 6) is 0.237. The van der Waals surface area contributed by atoms with E-state index in [1.54, 1.807) is 6.92 Å². The van der Waals surface area contributed by atoms with E-state index in [1.165, 1.54) is 0 Å². The lowest BCUT2D eigenvalue weighted by atomic mass is 9.83. The fraction of sp³-hybridized carbons (Fsp3) is 0.722. The molecule has 2 rings (SSSR count). The van der Waals surface area contributed by atoms with Gasteiger partial charge in [0.2, 0.25) is 5.91 Å². The first kappa shape index (κ1) is 20.6. The van der Waals surface area contributed by atoms with E-state index in [-0.39, 0.29) is 23.4 Å². The van der Waals surface area contributed by atoms with Crippen molar-refractivity contribution < 1.29 is 14.3 Å². The molecule has 0 radical (unpaired) electrons. The monoisotopic (exact) mass is 380 g/mol. The molecule has 146 valence electrons. The van der Waals surface area contributed by atoms with E-state index in [0.717, 1.165) is 19.3 Å². The van der Waals surface area contributed by atoms with Gasteiger partial charge >= 0.3 is 6.09 Å². The number of hydrogen-bond acceptors (Lipinski definition) is 5. The fourth-order valence-electron chi connectivity index (χ4n) is 3.61. The van der Waals surface area contributed by atoms with Crippen LogP contribution in [0.5, 0.6) is 0 Å². The Hall–Kier alpha value is -1.67. The van der Waals surface area contributed by atoms with E-state index < -0.39 is 19.7 Å². The van der Waals surface area contributed by atoms with Gasteiger partial charge in [-0.1, -0.05) is 26.1 Å².